The molecule has 0 amide bonds. The van der Waals surface area contributed by atoms with E-state index in [4.69, 9.17) is 0 Å². The van der Waals surface area contributed by atoms with Gasteiger partial charge in [-0.05, 0) is 58.0 Å². The highest BCUT2D eigenvalue weighted by Gasteiger charge is 2.10. The van der Waals surface area contributed by atoms with Crippen LogP contribution in [0.15, 0.2) is 11.4 Å². The maximum atomic E-state index is 3.37. The molecule has 0 spiro atoms. The first-order valence-corrected chi connectivity index (χ1v) is 5.88. The summed E-state index contributed by atoms with van der Waals surface area (Å²) in [6, 6.07) is 2.78. The van der Waals surface area contributed by atoms with Crippen LogP contribution in [0.3, 0.4) is 0 Å². The Morgan fingerprint density at radius 3 is 2.64 bits per heavy atom. The Labute approximate surface area is 90.9 Å². The Morgan fingerprint density at radius 2 is 2.21 bits per heavy atom. The van der Waals surface area contributed by atoms with Gasteiger partial charge in [0.1, 0.15) is 0 Å². The van der Waals surface area contributed by atoms with Crippen LogP contribution in [0.5, 0.6) is 0 Å². The Bertz CT molecular complexity index is 268. The Kier molecular flexibility index (Phi) is 4.58. The van der Waals surface area contributed by atoms with Crippen molar-refractivity contribution in [2.24, 2.45) is 0 Å². The fourth-order valence-electron chi connectivity index (χ4n) is 1.51. The van der Waals surface area contributed by atoms with E-state index in [1.54, 1.807) is 0 Å². The molecule has 0 aliphatic carbocycles. The monoisotopic (exact) mass is 212 g/mol. The highest BCUT2D eigenvalue weighted by atomic mass is 32.1. The molecule has 0 fully saturated rings. The quantitative estimate of drug-likeness (QED) is 0.805. The molecule has 1 heterocycles. The molecule has 1 unspecified atom stereocenters. The SMILES string of the molecule is CNC(CCN(C)C)c1csc(C)c1. The lowest BCUT2D eigenvalue weighted by atomic mass is 10.1. The maximum Gasteiger partial charge on any atom is 0.0338 e. The van der Waals surface area contributed by atoms with E-state index in [0.717, 1.165) is 6.54 Å². The zero-order valence-electron chi connectivity index (χ0n) is 9.50. The molecular formula is C11H20N2S. The van der Waals surface area contributed by atoms with E-state index >= 15 is 0 Å². The summed E-state index contributed by atoms with van der Waals surface area (Å²) < 4.78 is 0. The van der Waals surface area contributed by atoms with E-state index in [1.807, 2.05) is 18.4 Å². The van der Waals surface area contributed by atoms with Crippen molar-refractivity contribution < 1.29 is 0 Å². The number of rotatable bonds is 5. The first-order valence-electron chi connectivity index (χ1n) is 5.00. The molecule has 0 aliphatic rings. The molecule has 1 N–H and O–H groups in total. The lowest BCUT2D eigenvalue weighted by Crippen LogP contribution is -2.22. The van der Waals surface area contributed by atoms with Gasteiger partial charge in [0.2, 0.25) is 0 Å². The third kappa shape index (κ3) is 3.40. The van der Waals surface area contributed by atoms with Crippen molar-refractivity contribution in [3.8, 4) is 0 Å². The molecule has 1 aromatic rings. The molecule has 0 bridgehead atoms. The summed E-state index contributed by atoms with van der Waals surface area (Å²) in [5.74, 6) is 0. The molecule has 1 rings (SSSR count). The Hall–Kier alpha value is -0.380. The molecule has 1 aromatic heterocycles. The lowest BCUT2D eigenvalue weighted by Gasteiger charge is -2.17. The van der Waals surface area contributed by atoms with Gasteiger partial charge in [0.05, 0.1) is 0 Å². The standard InChI is InChI=1S/C11H20N2S/c1-9-7-10(8-14-9)11(12-2)5-6-13(3)4/h7-8,11-12H,5-6H2,1-4H3. The Balaban J connectivity index is 2.54. The topological polar surface area (TPSA) is 15.3 Å². The zero-order chi connectivity index (χ0) is 10.6. The summed E-state index contributed by atoms with van der Waals surface area (Å²) in [6.07, 6.45) is 1.17. The van der Waals surface area contributed by atoms with Gasteiger partial charge >= 0.3 is 0 Å². The summed E-state index contributed by atoms with van der Waals surface area (Å²) >= 11 is 1.83. The number of nitrogens with zero attached hydrogens (tertiary/aromatic N) is 1. The van der Waals surface area contributed by atoms with Crippen LogP contribution < -0.4 is 5.32 Å². The second-order valence-corrected chi connectivity index (χ2v) is 5.04. The van der Waals surface area contributed by atoms with E-state index < -0.39 is 0 Å². The molecule has 0 saturated carbocycles. The highest BCUT2D eigenvalue weighted by molar-refractivity contribution is 7.10. The average molecular weight is 212 g/mol. The van der Waals surface area contributed by atoms with Crippen LogP contribution in [0.1, 0.15) is 22.9 Å². The first kappa shape index (κ1) is 11.7. The van der Waals surface area contributed by atoms with Crippen LogP contribution in [0.4, 0.5) is 0 Å². The lowest BCUT2D eigenvalue weighted by molar-refractivity contribution is 0.369. The molecule has 2 nitrogen and oxygen atoms in total. The average Bonchev–Trinajstić information content (AvgIpc) is 2.53. The number of hydrogen-bond donors (Lipinski definition) is 1. The summed E-state index contributed by atoms with van der Waals surface area (Å²) in [7, 11) is 6.27. The van der Waals surface area contributed by atoms with Crippen molar-refractivity contribution in [2.45, 2.75) is 19.4 Å². The zero-order valence-corrected chi connectivity index (χ0v) is 10.3. The van der Waals surface area contributed by atoms with Crippen LogP contribution in [-0.2, 0) is 0 Å². The summed E-state index contributed by atoms with van der Waals surface area (Å²) in [4.78, 5) is 3.62. The minimum absolute atomic E-state index is 0.502. The molecular weight excluding hydrogens is 192 g/mol. The normalized spacial score (nSPS) is 13.5. The minimum atomic E-state index is 0.502. The van der Waals surface area contributed by atoms with Crippen molar-refractivity contribution in [3.63, 3.8) is 0 Å². The molecule has 1 atom stereocenters. The fraction of sp³-hybridized carbons (Fsp3) is 0.636. The van der Waals surface area contributed by atoms with Crippen LogP contribution in [-0.4, -0.2) is 32.6 Å². The summed E-state index contributed by atoms with van der Waals surface area (Å²) in [5, 5.41) is 5.62. The van der Waals surface area contributed by atoms with Crippen LogP contribution in [0.2, 0.25) is 0 Å². The van der Waals surface area contributed by atoms with E-state index in [1.165, 1.54) is 16.9 Å². The number of nitrogens with one attached hydrogen (secondary N) is 1. The Morgan fingerprint density at radius 1 is 1.50 bits per heavy atom. The molecule has 3 heteroatoms. The number of thiophene rings is 1. The second-order valence-electron chi connectivity index (χ2n) is 3.92. The van der Waals surface area contributed by atoms with Crippen molar-refractivity contribution in [1.29, 1.82) is 0 Å². The third-order valence-electron chi connectivity index (χ3n) is 2.37. The van der Waals surface area contributed by atoms with Crippen LogP contribution in [0.25, 0.3) is 0 Å². The summed E-state index contributed by atoms with van der Waals surface area (Å²) in [5.41, 5.74) is 1.43. The summed E-state index contributed by atoms with van der Waals surface area (Å²) in [6.45, 7) is 3.28. The van der Waals surface area contributed by atoms with E-state index in [9.17, 15) is 0 Å². The van der Waals surface area contributed by atoms with Crippen molar-refractivity contribution in [2.75, 3.05) is 27.7 Å². The van der Waals surface area contributed by atoms with Gasteiger partial charge in [-0.25, -0.2) is 0 Å². The fourth-order valence-corrected chi connectivity index (χ4v) is 2.27. The highest BCUT2D eigenvalue weighted by Crippen LogP contribution is 2.22. The molecule has 80 valence electrons. The van der Waals surface area contributed by atoms with Gasteiger partial charge in [0.15, 0.2) is 0 Å². The molecule has 0 saturated heterocycles. The molecule has 0 aliphatic heterocycles. The maximum absolute atomic E-state index is 3.37. The van der Waals surface area contributed by atoms with Gasteiger partial charge in [-0.15, -0.1) is 11.3 Å². The predicted molar refractivity (Wildman–Crippen MR) is 64.0 cm³/mol. The smallest absolute Gasteiger partial charge is 0.0338 e. The largest absolute Gasteiger partial charge is 0.313 e. The molecule has 14 heavy (non-hydrogen) atoms. The van der Waals surface area contributed by atoms with Crippen molar-refractivity contribution in [3.05, 3.63) is 21.9 Å². The molecule has 0 aromatic carbocycles. The van der Waals surface area contributed by atoms with E-state index in [2.05, 4.69) is 42.7 Å². The van der Waals surface area contributed by atoms with Crippen LogP contribution in [0, 0.1) is 6.92 Å². The number of aryl methyl sites for hydroxylation is 1. The number of hydrogen-bond acceptors (Lipinski definition) is 3. The van der Waals surface area contributed by atoms with Crippen molar-refractivity contribution >= 4 is 11.3 Å². The predicted octanol–water partition coefficient (Wildman–Crippen LogP) is 2.27. The minimum Gasteiger partial charge on any atom is -0.313 e. The van der Waals surface area contributed by atoms with Gasteiger partial charge in [0, 0.05) is 10.9 Å². The van der Waals surface area contributed by atoms with Gasteiger partial charge in [-0.3, -0.25) is 0 Å². The van der Waals surface area contributed by atoms with Gasteiger partial charge in [-0.2, -0.15) is 0 Å². The second kappa shape index (κ2) is 5.49. The molecule has 0 radical (unpaired) electrons. The van der Waals surface area contributed by atoms with Crippen LogP contribution >= 0.6 is 11.3 Å². The third-order valence-corrected chi connectivity index (χ3v) is 3.25. The van der Waals surface area contributed by atoms with E-state index in [-0.39, 0.29) is 0 Å². The van der Waals surface area contributed by atoms with Crippen molar-refractivity contribution in [1.82, 2.24) is 10.2 Å². The van der Waals surface area contributed by atoms with E-state index in [0.29, 0.717) is 6.04 Å². The van der Waals surface area contributed by atoms with Gasteiger partial charge in [0.25, 0.3) is 0 Å². The van der Waals surface area contributed by atoms with Gasteiger partial charge in [-0.1, -0.05) is 0 Å². The first-order chi connectivity index (χ1) is 6.63. The van der Waals surface area contributed by atoms with Gasteiger partial charge < -0.3 is 10.2 Å².